The van der Waals surface area contributed by atoms with Crippen molar-refractivity contribution in [2.75, 3.05) is 0 Å². The van der Waals surface area contributed by atoms with Gasteiger partial charge in [-0.2, -0.15) is 0 Å². The van der Waals surface area contributed by atoms with Crippen LogP contribution in [0.2, 0.25) is 0 Å². The average molecular weight is 1040 g/mol. The first kappa shape index (κ1) is 39.0. The number of aromatic nitrogens is 5. The molecule has 0 saturated carbocycles. The van der Waals surface area contributed by atoms with Gasteiger partial charge in [-0.15, -0.1) is 0 Å². The summed E-state index contributed by atoms with van der Waals surface area (Å²) in [6.07, 6.45) is 3.71. The number of pyridine rings is 2. The van der Waals surface area contributed by atoms with E-state index in [1.165, 1.54) is 0 Å². The molecule has 320 valence electrons. The van der Waals surface area contributed by atoms with Gasteiger partial charge in [0.05, 0.1) is 0 Å². The normalized spacial score (nSPS) is 11.7. The summed E-state index contributed by atoms with van der Waals surface area (Å²) in [7, 11) is 0. The molecule has 0 radical (unpaired) electrons. The van der Waals surface area contributed by atoms with Crippen LogP contribution in [0.5, 0.6) is 11.5 Å². The van der Waals surface area contributed by atoms with Crippen molar-refractivity contribution in [2.45, 2.75) is 0 Å². The third kappa shape index (κ3) is 6.50. The molecule has 13 aromatic rings. The molecule has 0 aliphatic heterocycles. The molecule has 0 aliphatic rings. The van der Waals surface area contributed by atoms with E-state index in [0.29, 0.717) is 5.71 Å². The zero-order chi connectivity index (χ0) is 44.4. The van der Waals surface area contributed by atoms with Crippen molar-refractivity contribution in [3.8, 4) is 62.1 Å². The van der Waals surface area contributed by atoms with Crippen LogP contribution in [-0.4, -0.2) is 23.7 Å². The van der Waals surface area contributed by atoms with Crippen LogP contribution in [-0.2, 0) is 19.4 Å². The van der Waals surface area contributed by atoms with E-state index in [-0.39, 0.29) is 0 Å². The van der Waals surface area contributed by atoms with Gasteiger partial charge >= 0.3 is 294 Å². The van der Waals surface area contributed by atoms with E-state index in [0.717, 1.165) is 115 Å². The van der Waals surface area contributed by atoms with Gasteiger partial charge in [0, 0.05) is 28.7 Å². The van der Waals surface area contributed by atoms with Gasteiger partial charge in [0.2, 0.25) is 5.71 Å². The molecular weight excluding hydrogens is 1010 g/mol. The first-order valence-electron chi connectivity index (χ1n) is 22.1. The average Bonchev–Trinajstić information content (AvgIpc) is 4.03. The van der Waals surface area contributed by atoms with E-state index in [9.17, 15) is 0 Å². The number of hydrogen-bond donors (Lipinski definition) is 0. The summed E-state index contributed by atoms with van der Waals surface area (Å²) < 4.78 is 20.9. The Balaban J connectivity index is 0.901. The molecule has 8 aromatic carbocycles. The maximum atomic E-state index is 6.81. The van der Waals surface area contributed by atoms with Gasteiger partial charge in [-0.25, -0.2) is 4.98 Å². The number of hydrogen-bond acceptors (Lipinski definition) is 4. The number of nitrogens with zero attached hydrogens (tertiary/aromatic N) is 5. The van der Waals surface area contributed by atoms with Crippen LogP contribution < -0.4 is 4.74 Å². The van der Waals surface area contributed by atoms with Crippen LogP contribution in [0.1, 0.15) is 0 Å². The minimum absolute atomic E-state index is 0.629. The predicted molar refractivity (Wildman–Crippen MR) is 266 cm³/mol. The van der Waals surface area contributed by atoms with E-state index in [2.05, 4.69) is 226 Å². The fourth-order valence-corrected chi connectivity index (χ4v) is 10.8. The van der Waals surface area contributed by atoms with Gasteiger partial charge in [0.1, 0.15) is 5.58 Å². The SMILES string of the molecule is [Pt]=[c]1n(-c2cccc(Oc3ccc4c5ccccc5n(-c5ccc(-c6cccc7oc8ncccc8c67)cn5)c4c3)c2)c2ccccc2n1-c1c(-c2ccccc2)cccc1-c1ccccc1. The molecule has 0 unspecified atom stereocenters. The first-order valence-corrected chi connectivity index (χ1v) is 23.3. The molecule has 5 heterocycles. The predicted octanol–water partition coefficient (Wildman–Crippen LogP) is 15.1. The Morgan fingerprint density at radius 1 is 0.433 bits per heavy atom. The molecule has 0 fully saturated rings. The number of rotatable bonds is 8. The van der Waals surface area contributed by atoms with Gasteiger partial charge in [-0.3, -0.25) is 0 Å². The van der Waals surface area contributed by atoms with Crippen molar-refractivity contribution in [1.82, 2.24) is 23.7 Å². The fraction of sp³-hybridized carbons (Fsp3) is 0. The Morgan fingerprint density at radius 2 is 1.07 bits per heavy atom. The Kier molecular flexibility index (Phi) is 9.29. The molecule has 13 rings (SSSR count). The number of furan rings is 1. The summed E-state index contributed by atoms with van der Waals surface area (Å²) in [5.74, 6) is 2.27. The van der Waals surface area contributed by atoms with Gasteiger partial charge in [0.15, 0.2) is 0 Å². The number of ether oxygens (including phenoxy) is 1. The quantitative estimate of drug-likeness (QED) is 0.152. The number of imidazole rings is 1. The summed E-state index contributed by atoms with van der Waals surface area (Å²) in [6, 6.07) is 74.1. The molecular formula is C59H37N5O2Pt. The second-order valence-corrected chi connectivity index (χ2v) is 17.5. The summed E-state index contributed by atoms with van der Waals surface area (Å²) in [6.45, 7) is 0. The van der Waals surface area contributed by atoms with Crippen molar-refractivity contribution < 1.29 is 28.5 Å². The molecule has 5 aromatic heterocycles. The zero-order valence-corrected chi connectivity index (χ0v) is 38.0. The Morgan fingerprint density at radius 3 is 1.84 bits per heavy atom. The Hall–Kier alpha value is -8.38. The van der Waals surface area contributed by atoms with E-state index < -0.39 is 0 Å². The van der Waals surface area contributed by atoms with Crippen LogP contribution in [0.15, 0.2) is 229 Å². The van der Waals surface area contributed by atoms with Gasteiger partial charge < -0.3 is 4.42 Å². The molecule has 0 aliphatic carbocycles. The van der Waals surface area contributed by atoms with Crippen LogP contribution in [0.3, 0.4) is 0 Å². The minimum atomic E-state index is 0.629. The molecule has 7 nitrogen and oxygen atoms in total. The third-order valence-corrected chi connectivity index (χ3v) is 13.7. The van der Waals surface area contributed by atoms with Gasteiger partial charge in [-0.05, 0) is 29.8 Å². The van der Waals surface area contributed by atoms with E-state index in [4.69, 9.17) is 14.1 Å². The van der Waals surface area contributed by atoms with Crippen LogP contribution >= 0.6 is 0 Å². The molecule has 0 spiro atoms. The number of para-hydroxylation sites is 4. The molecule has 0 amide bonds. The fourth-order valence-electron chi connectivity index (χ4n) is 9.72. The summed E-state index contributed by atoms with van der Waals surface area (Å²) in [4.78, 5) is 9.56. The maximum absolute atomic E-state index is 6.81. The van der Waals surface area contributed by atoms with E-state index >= 15 is 0 Å². The third-order valence-electron chi connectivity index (χ3n) is 12.7. The van der Waals surface area contributed by atoms with E-state index in [1.807, 2.05) is 30.5 Å². The monoisotopic (exact) mass is 1040 g/mol. The van der Waals surface area contributed by atoms with Crippen molar-refractivity contribution in [2.24, 2.45) is 0 Å². The molecule has 0 saturated heterocycles. The molecule has 0 atom stereocenters. The summed E-state index contributed by atoms with van der Waals surface area (Å²) in [5.41, 5.74) is 14.5. The van der Waals surface area contributed by atoms with Crippen LogP contribution in [0.4, 0.5) is 0 Å². The molecule has 0 bridgehead atoms. The van der Waals surface area contributed by atoms with Crippen LogP contribution in [0, 0.1) is 3.80 Å². The standard InChI is InChI=1S/C59H37N5O2.Pt/c1-3-15-39(16-4-1)46-23-12-24-47(40-17-5-2-6-18-40)58(46)63-38-62(52-27-9-10-28-53(52)63)42-19-11-20-43(35-42)65-44-31-32-49-48-21-7-8-26-51(48)64(54(49)36-44)56-33-30-41(37-61-56)45-22-13-29-55-57(45)50-25-14-34-60-59(50)66-55;/h1-37H;. The molecule has 0 N–H and O–H groups in total. The van der Waals surface area contributed by atoms with Crippen molar-refractivity contribution in [3.05, 3.63) is 229 Å². The van der Waals surface area contributed by atoms with E-state index in [1.54, 1.807) is 6.20 Å². The summed E-state index contributed by atoms with van der Waals surface area (Å²) >= 11 is 2.49. The second-order valence-electron chi connectivity index (χ2n) is 16.5. The van der Waals surface area contributed by atoms with Gasteiger partial charge in [0.25, 0.3) is 0 Å². The van der Waals surface area contributed by atoms with Crippen molar-refractivity contribution in [1.29, 1.82) is 0 Å². The van der Waals surface area contributed by atoms with Crippen molar-refractivity contribution >= 4 is 54.9 Å². The first-order chi connectivity index (χ1) is 33.2. The Bertz CT molecular complexity index is 4040. The van der Waals surface area contributed by atoms with Crippen LogP contribution in [0.25, 0.3) is 105 Å². The zero-order valence-electron chi connectivity index (χ0n) is 35.7. The summed E-state index contributed by atoms with van der Waals surface area (Å²) in [5, 5.41) is 4.28. The number of fused-ring (bicyclic) bond motifs is 7. The van der Waals surface area contributed by atoms with Gasteiger partial charge in [-0.1, -0.05) is 24.3 Å². The van der Waals surface area contributed by atoms with Crippen molar-refractivity contribution in [3.63, 3.8) is 0 Å². The molecule has 67 heavy (non-hydrogen) atoms. The molecule has 8 heteroatoms. The number of benzene rings is 8. The second kappa shape index (κ2) is 15.9. The Labute approximate surface area is 395 Å². The topological polar surface area (TPSA) is 62.9 Å².